The van der Waals surface area contributed by atoms with E-state index in [4.69, 9.17) is 11.6 Å². The highest BCUT2D eigenvalue weighted by Crippen LogP contribution is 2.16. The average molecular weight is 243 g/mol. The fourth-order valence-corrected chi connectivity index (χ4v) is 1.62. The molecule has 16 heavy (non-hydrogen) atoms. The highest BCUT2D eigenvalue weighted by atomic mass is 35.5. The minimum absolute atomic E-state index is 0.0647. The van der Waals surface area contributed by atoms with Crippen LogP contribution in [0.3, 0.4) is 0 Å². The van der Waals surface area contributed by atoms with E-state index in [0.29, 0.717) is 22.9 Å². The smallest absolute Gasteiger partial charge is 0.137 e. The SMILES string of the molecule is CC(C)CCC(=O)Cc1cc(Cl)ccc1F. The number of halogens is 2. The summed E-state index contributed by atoms with van der Waals surface area (Å²) in [5, 5.41) is 0.466. The van der Waals surface area contributed by atoms with E-state index in [9.17, 15) is 9.18 Å². The number of carbonyl (C=O) groups is 1. The molecular formula is C13H16ClFO. The van der Waals surface area contributed by atoms with E-state index in [0.717, 1.165) is 6.42 Å². The van der Waals surface area contributed by atoms with Crippen LogP contribution in [0.1, 0.15) is 32.3 Å². The van der Waals surface area contributed by atoms with Gasteiger partial charge in [0.15, 0.2) is 0 Å². The van der Waals surface area contributed by atoms with Crippen molar-refractivity contribution in [2.45, 2.75) is 33.1 Å². The molecule has 0 saturated carbocycles. The van der Waals surface area contributed by atoms with E-state index in [1.165, 1.54) is 18.2 Å². The molecule has 0 heterocycles. The first-order valence-electron chi connectivity index (χ1n) is 5.44. The first kappa shape index (κ1) is 13.2. The van der Waals surface area contributed by atoms with Crippen molar-refractivity contribution in [3.63, 3.8) is 0 Å². The fourth-order valence-electron chi connectivity index (χ4n) is 1.43. The normalized spacial score (nSPS) is 10.8. The van der Waals surface area contributed by atoms with Gasteiger partial charge in [0, 0.05) is 17.9 Å². The van der Waals surface area contributed by atoms with Crippen molar-refractivity contribution in [3.05, 3.63) is 34.6 Å². The second-order valence-electron chi connectivity index (χ2n) is 4.38. The molecule has 0 aliphatic rings. The van der Waals surface area contributed by atoms with Gasteiger partial charge in [0.25, 0.3) is 0 Å². The van der Waals surface area contributed by atoms with Crippen LogP contribution < -0.4 is 0 Å². The summed E-state index contributed by atoms with van der Waals surface area (Å²) in [6, 6.07) is 4.30. The Morgan fingerprint density at radius 3 is 2.75 bits per heavy atom. The van der Waals surface area contributed by atoms with E-state index in [1.54, 1.807) is 0 Å². The molecule has 0 saturated heterocycles. The summed E-state index contributed by atoms with van der Waals surface area (Å²) in [5.74, 6) is 0.199. The van der Waals surface area contributed by atoms with E-state index in [-0.39, 0.29) is 18.0 Å². The molecule has 0 N–H and O–H groups in total. The van der Waals surface area contributed by atoms with Gasteiger partial charge in [-0.1, -0.05) is 25.4 Å². The van der Waals surface area contributed by atoms with Crippen LogP contribution in [0.4, 0.5) is 4.39 Å². The van der Waals surface area contributed by atoms with Crippen LogP contribution in [0, 0.1) is 11.7 Å². The molecule has 1 aromatic carbocycles. The van der Waals surface area contributed by atoms with Crippen molar-refractivity contribution in [2.24, 2.45) is 5.92 Å². The quantitative estimate of drug-likeness (QED) is 0.762. The van der Waals surface area contributed by atoms with Crippen LogP contribution in [-0.4, -0.2) is 5.78 Å². The Kier molecular flexibility index (Phi) is 4.94. The van der Waals surface area contributed by atoms with Crippen LogP contribution >= 0.6 is 11.6 Å². The molecule has 1 rings (SSSR count). The van der Waals surface area contributed by atoms with E-state index < -0.39 is 0 Å². The molecule has 0 aromatic heterocycles. The highest BCUT2D eigenvalue weighted by molar-refractivity contribution is 6.30. The standard InChI is InChI=1S/C13H16ClFO/c1-9(2)3-5-12(16)8-10-7-11(14)4-6-13(10)15/h4,6-7,9H,3,5,8H2,1-2H3. The third-order valence-electron chi connectivity index (χ3n) is 2.40. The summed E-state index contributed by atoms with van der Waals surface area (Å²) in [6.07, 6.45) is 1.49. The van der Waals surface area contributed by atoms with Crippen LogP contribution in [0.5, 0.6) is 0 Å². The lowest BCUT2D eigenvalue weighted by atomic mass is 10.0. The maximum absolute atomic E-state index is 13.3. The molecule has 1 aromatic rings. The summed E-state index contributed by atoms with van der Waals surface area (Å²) in [5.41, 5.74) is 0.390. The van der Waals surface area contributed by atoms with Gasteiger partial charge in [-0.3, -0.25) is 4.79 Å². The zero-order valence-corrected chi connectivity index (χ0v) is 10.4. The third kappa shape index (κ3) is 4.31. The lowest BCUT2D eigenvalue weighted by molar-refractivity contribution is -0.118. The van der Waals surface area contributed by atoms with Gasteiger partial charge in [-0.05, 0) is 36.1 Å². The molecule has 0 amide bonds. The lowest BCUT2D eigenvalue weighted by Crippen LogP contribution is -2.05. The Bertz CT molecular complexity index is 374. The van der Waals surface area contributed by atoms with Gasteiger partial charge < -0.3 is 0 Å². The summed E-state index contributed by atoms with van der Waals surface area (Å²) in [7, 11) is 0. The first-order valence-corrected chi connectivity index (χ1v) is 5.82. The Hall–Kier alpha value is -0.890. The van der Waals surface area contributed by atoms with Gasteiger partial charge in [0.2, 0.25) is 0 Å². The Labute approximate surface area is 101 Å². The molecule has 0 atom stereocenters. The van der Waals surface area contributed by atoms with Crippen molar-refractivity contribution in [2.75, 3.05) is 0 Å². The van der Waals surface area contributed by atoms with Crippen LogP contribution in [0.25, 0.3) is 0 Å². The number of hydrogen-bond donors (Lipinski definition) is 0. The maximum Gasteiger partial charge on any atom is 0.137 e. The van der Waals surface area contributed by atoms with Crippen molar-refractivity contribution in [1.29, 1.82) is 0 Å². The van der Waals surface area contributed by atoms with Crippen molar-refractivity contribution >= 4 is 17.4 Å². The molecular weight excluding hydrogens is 227 g/mol. The summed E-state index contributed by atoms with van der Waals surface area (Å²) >= 11 is 5.75. The number of carbonyl (C=O) groups excluding carboxylic acids is 1. The molecule has 0 aliphatic carbocycles. The van der Waals surface area contributed by atoms with Gasteiger partial charge in [-0.25, -0.2) is 4.39 Å². The molecule has 1 nitrogen and oxygen atoms in total. The van der Waals surface area contributed by atoms with Gasteiger partial charge in [0.1, 0.15) is 11.6 Å². The maximum atomic E-state index is 13.3. The van der Waals surface area contributed by atoms with Crippen molar-refractivity contribution < 1.29 is 9.18 Å². The molecule has 0 unspecified atom stereocenters. The van der Waals surface area contributed by atoms with Gasteiger partial charge >= 0.3 is 0 Å². The second-order valence-corrected chi connectivity index (χ2v) is 4.82. The molecule has 0 fully saturated rings. The van der Waals surface area contributed by atoms with Crippen molar-refractivity contribution in [3.8, 4) is 0 Å². The topological polar surface area (TPSA) is 17.1 Å². The van der Waals surface area contributed by atoms with Gasteiger partial charge in [-0.15, -0.1) is 0 Å². The summed E-state index contributed by atoms with van der Waals surface area (Å²) in [4.78, 5) is 11.6. The van der Waals surface area contributed by atoms with Crippen LogP contribution in [0.15, 0.2) is 18.2 Å². The summed E-state index contributed by atoms with van der Waals surface area (Å²) < 4.78 is 13.3. The first-order chi connectivity index (χ1) is 7.49. The predicted molar refractivity (Wildman–Crippen MR) is 64.2 cm³/mol. The largest absolute Gasteiger partial charge is 0.299 e. The molecule has 0 bridgehead atoms. The van der Waals surface area contributed by atoms with E-state index in [2.05, 4.69) is 13.8 Å². The lowest BCUT2D eigenvalue weighted by Gasteiger charge is -2.05. The molecule has 0 spiro atoms. The summed E-state index contributed by atoms with van der Waals surface area (Å²) in [6.45, 7) is 4.13. The number of benzene rings is 1. The molecule has 0 radical (unpaired) electrons. The molecule has 88 valence electrons. The second kappa shape index (κ2) is 6.00. The molecule has 0 aliphatic heterocycles. The van der Waals surface area contributed by atoms with Crippen LogP contribution in [-0.2, 0) is 11.2 Å². The number of hydrogen-bond acceptors (Lipinski definition) is 1. The minimum atomic E-state index is -0.359. The number of rotatable bonds is 5. The Morgan fingerprint density at radius 2 is 2.12 bits per heavy atom. The zero-order chi connectivity index (χ0) is 12.1. The molecule has 3 heteroatoms. The van der Waals surface area contributed by atoms with Crippen LogP contribution in [0.2, 0.25) is 5.02 Å². The minimum Gasteiger partial charge on any atom is -0.299 e. The van der Waals surface area contributed by atoms with Gasteiger partial charge in [-0.2, -0.15) is 0 Å². The Morgan fingerprint density at radius 1 is 1.44 bits per heavy atom. The van der Waals surface area contributed by atoms with E-state index in [1.807, 2.05) is 0 Å². The average Bonchev–Trinajstić information content (AvgIpc) is 2.20. The highest BCUT2D eigenvalue weighted by Gasteiger charge is 2.09. The number of Topliss-reactive ketones (excluding diaryl/α,β-unsaturated/α-hetero) is 1. The van der Waals surface area contributed by atoms with E-state index >= 15 is 0 Å². The van der Waals surface area contributed by atoms with Crippen molar-refractivity contribution in [1.82, 2.24) is 0 Å². The number of ketones is 1. The monoisotopic (exact) mass is 242 g/mol. The van der Waals surface area contributed by atoms with Gasteiger partial charge in [0.05, 0.1) is 0 Å². The zero-order valence-electron chi connectivity index (χ0n) is 9.59. The predicted octanol–water partition coefficient (Wildman–Crippen LogP) is 4.03. The third-order valence-corrected chi connectivity index (χ3v) is 2.63. The Balaban J connectivity index is 2.59. The fraction of sp³-hybridized carbons (Fsp3) is 0.462.